The molecular weight excluding hydrogens is 462 g/mol. The third-order valence-electron chi connectivity index (χ3n) is 5.69. The Kier molecular flexibility index (Phi) is 6.47. The lowest BCUT2D eigenvalue weighted by Gasteiger charge is -2.29. The van der Waals surface area contributed by atoms with E-state index in [9.17, 15) is 9.59 Å². The van der Waals surface area contributed by atoms with Gasteiger partial charge in [0.25, 0.3) is 5.88 Å². The molecule has 0 spiro atoms. The quantitative estimate of drug-likeness (QED) is 0.699. The molecule has 1 atom stereocenters. The second-order valence-corrected chi connectivity index (χ2v) is 8.72. The van der Waals surface area contributed by atoms with Gasteiger partial charge in [-0.05, 0) is 43.9 Å². The van der Waals surface area contributed by atoms with E-state index in [0.29, 0.717) is 6.54 Å². The van der Waals surface area contributed by atoms with Crippen molar-refractivity contribution in [3.63, 3.8) is 0 Å². The third kappa shape index (κ3) is 5.02. The fraction of sp³-hybridized carbons (Fsp3) is 0.409. The summed E-state index contributed by atoms with van der Waals surface area (Å²) in [7, 11) is 0. The molecular formula is C22H22BrN5O3. The molecule has 1 aliphatic carbocycles. The zero-order valence-electron chi connectivity index (χ0n) is 16.8. The minimum atomic E-state index is -0.349. The van der Waals surface area contributed by atoms with Crippen LogP contribution < -0.4 is 15.0 Å². The second-order valence-electron chi connectivity index (χ2n) is 7.81. The van der Waals surface area contributed by atoms with Crippen molar-refractivity contribution >= 4 is 33.4 Å². The van der Waals surface area contributed by atoms with Crippen molar-refractivity contribution in [2.45, 2.75) is 44.2 Å². The van der Waals surface area contributed by atoms with Crippen LogP contribution in [0.3, 0.4) is 0 Å². The third-order valence-corrected chi connectivity index (χ3v) is 6.18. The van der Waals surface area contributed by atoms with E-state index in [2.05, 4.69) is 31.2 Å². The average Bonchev–Trinajstić information content (AvgIpc) is 3.17. The monoisotopic (exact) mass is 483 g/mol. The van der Waals surface area contributed by atoms with Gasteiger partial charge in [0.1, 0.15) is 12.2 Å². The van der Waals surface area contributed by atoms with Crippen LogP contribution in [0.4, 0.5) is 5.69 Å². The first kappa shape index (κ1) is 21.2. The molecule has 2 aromatic rings. The summed E-state index contributed by atoms with van der Waals surface area (Å²) >= 11 is 3.42. The van der Waals surface area contributed by atoms with Gasteiger partial charge in [0.2, 0.25) is 17.5 Å². The van der Waals surface area contributed by atoms with Crippen LogP contribution in [0.25, 0.3) is 0 Å². The van der Waals surface area contributed by atoms with Gasteiger partial charge in [0, 0.05) is 41.6 Å². The predicted molar refractivity (Wildman–Crippen MR) is 116 cm³/mol. The van der Waals surface area contributed by atoms with Crippen LogP contribution in [0, 0.1) is 17.2 Å². The summed E-state index contributed by atoms with van der Waals surface area (Å²) in [6.07, 6.45) is 6.17. The summed E-state index contributed by atoms with van der Waals surface area (Å²) in [6.45, 7) is 0.392. The van der Waals surface area contributed by atoms with Gasteiger partial charge in [-0.3, -0.25) is 9.59 Å². The van der Waals surface area contributed by atoms with E-state index in [1.165, 1.54) is 12.4 Å². The van der Waals surface area contributed by atoms with E-state index in [1.54, 1.807) is 4.90 Å². The number of nitrogens with one attached hydrogen (secondary N) is 1. The number of amides is 2. The van der Waals surface area contributed by atoms with Gasteiger partial charge >= 0.3 is 0 Å². The number of carbonyl (C=O) groups excluding carboxylic acids is 2. The standard InChI is InChI=1S/C22H22BrN5O3/c23-15-2-1-3-17(11-15)28-13-14(10-20(28)29)21(30)27-16-4-6-18(7-5-16)31-22-19(12-24)25-8-9-26-22/h1-3,8-9,11,14,16,18H,4-7,10,13H2,(H,27,30). The highest BCUT2D eigenvalue weighted by atomic mass is 79.9. The van der Waals surface area contributed by atoms with Crippen molar-refractivity contribution in [1.82, 2.24) is 15.3 Å². The fourth-order valence-corrected chi connectivity index (χ4v) is 4.45. The Morgan fingerprint density at radius 1 is 1.23 bits per heavy atom. The zero-order chi connectivity index (χ0) is 21.8. The van der Waals surface area contributed by atoms with E-state index in [0.717, 1.165) is 35.8 Å². The molecule has 1 N–H and O–H groups in total. The van der Waals surface area contributed by atoms with Gasteiger partial charge in [0.15, 0.2) is 0 Å². The summed E-state index contributed by atoms with van der Waals surface area (Å²) < 4.78 is 6.75. The normalized spacial score (nSPS) is 23.3. The van der Waals surface area contributed by atoms with E-state index < -0.39 is 0 Å². The maximum atomic E-state index is 12.8. The molecule has 9 heteroatoms. The highest BCUT2D eigenvalue weighted by Crippen LogP contribution is 2.28. The number of nitriles is 1. The molecule has 2 amide bonds. The summed E-state index contributed by atoms with van der Waals surface area (Å²) in [5.41, 5.74) is 0.979. The van der Waals surface area contributed by atoms with Crippen LogP contribution in [0.1, 0.15) is 37.8 Å². The number of nitrogens with zero attached hydrogens (tertiary/aromatic N) is 4. The first-order chi connectivity index (χ1) is 15.0. The molecule has 1 aromatic heterocycles. The van der Waals surface area contributed by atoms with Gasteiger partial charge in [-0.25, -0.2) is 9.97 Å². The largest absolute Gasteiger partial charge is 0.472 e. The molecule has 2 fully saturated rings. The number of halogens is 1. The number of benzene rings is 1. The highest BCUT2D eigenvalue weighted by molar-refractivity contribution is 9.10. The van der Waals surface area contributed by atoms with Crippen LogP contribution in [-0.2, 0) is 9.59 Å². The fourth-order valence-electron chi connectivity index (χ4n) is 4.07. The van der Waals surface area contributed by atoms with Gasteiger partial charge in [-0.15, -0.1) is 0 Å². The van der Waals surface area contributed by atoms with Gasteiger partial charge in [-0.1, -0.05) is 22.0 Å². The number of anilines is 1. The molecule has 1 aliphatic heterocycles. The minimum Gasteiger partial charge on any atom is -0.472 e. The average molecular weight is 484 g/mol. The minimum absolute atomic E-state index is 0.0346. The predicted octanol–water partition coefficient (Wildman–Crippen LogP) is 2.97. The molecule has 1 saturated heterocycles. The molecule has 1 aromatic carbocycles. The Bertz CT molecular complexity index is 1020. The van der Waals surface area contributed by atoms with Crippen molar-refractivity contribution in [1.29, 1.82) is 5.26 Å². The Labute approximate surface area is 188 Å². The molecule has 2 aliphatic rings. The Balaban J connectivity index is 1.28. The summed E-state index contributed by atoms with van der Waals surface area (Å²) in [5, 5.41) is 12.2. The van der Waals surface area contributed by atoms with Crippen molar-refractivity contribution < 1.29 is 14.3 Å². The lowest BCUT2D eigenvalue weighted by atomic mass is 9.92. The first-order valence-electron chi connectivity index (χ1n) is 10.3. The van der Waals surface area contributed by atoms with Gasteiger partial charge in [-0.2, -0.15) is 5.26 Å². The second kappa shape index (κ2) is 9.43. The van der Waals surface area contributed by atoms with Crippen molar-refractivity contribution in [2.24, 2.45) is 5.92 Å². The van der Waals surface area contributed by atoms with Crippen LogP contribution in [0.5, 0.6) is 5.88 Å². The number of rotatable bonds is 5. The molecule has 4 rings (SSSR count). The van der Waals surface area contributed by atoms with E-state index >= 15 is 0 Å². The molecule has 1 unspecified atom stereocenters. The first-order valence-corrected chi connectivity index (χ1v) is 11.1. The van der Waals surface area contributed by atoms with Gasteiger partial charge in [0.05, 0.1) is 5.92 Å². The van der Waals surface area contributed by atoms with Crippen LogP contribution in [0.15, 0.2) is 41.1 Å². The molecule has 160 valence electrons. The number of carbonyl (C=O) groups is 2. The lowest BCUT2D eigenvalue weighted by molar-refractivity contribution is -0.127. The maximum Gasteiger partial charge on any atom is 0.251 e. The summed E-state index contributed by atoms with van der Waals surface area (Å²) in [5.74, 6) is -0.198. The van der Waals surface area contributed by atoms with E-state index in [1.807, 2.05) is 30.3 Å². The number of hydrogen-bond acceptors (Lipinski definition) is 6. The number of hydrogen-bond donors (Lipinski definition) is 1. The molecule has 31 heavy (non-hydrogen) atoms. The highest BCUT2D eigenvalue weighted by Gasteiger charge is 2.36. The van der Waals surface area contributed by atoms with Crippen molar-refractivity contribution in [2.75, 3.05) is 11.4 Å². The number of ether oxygens (including phenoxy) is 1. The molecule has 2 heterocycles. The van der Waals surface area contributed by atoms with Crippen LogP contribution in [0.2, 0.25) is 0 Å². The van der Waals surface area contributed by atoms with Crippen molar-refractivity contribution in [3.8, 4) is 11.9 Å². The maximum absolute atomic E-state index is 12.8. The molecule has 8 nitrogen and oxygen atoms in total. The van der Waals surface area contributed by atoms with Crippen LogP contribution >= 0.6 is 15.9 Å². The van der Waals surface area contributed by atoms with E-state index in [4.69, 9.17) is 10.00 Å². The van der Waals surface area contributed by atoms with Gasteiger partial charge < -0.3 is 15.0 Å². The molecule has 0 radical (unpaired) electrons. The Hall–Kier alpha value is -2.99. The Morgan fingerprint density at radius 2 is 2.00 bits per heavy atom. The van der Waals surface area contributed by atoms with E-state index in [-0.39, 0.29) is 47.9 Å². The summed E-state index contributed by atoms with van der Waals surface area (Å²) in [4.78, 5) is 34.9. The number of aromatic nitrogens is 2. The van der Waals surface area contributed by atoms with Crippen LogP contribution in [-0.4, -0.2) is 40.5 Å². The lowest BCUT2D eigenvalue weighted by Crippen LogP contribution is -2.43. The Morgan fingerprint density at radius 3 is 2.74 bits per heavy atom. The SMILES string of the molecule is N#Cc1nccnc1OC1CCC(NC(=O)C2CC(=O)N(c3cccc(Br)c3)C2)CC1. The summed E-state index contributed by atoms with van der Waals surface area (Å²) in [6, 6.07) is 9.57. The molecule has 1 saturated carbocycles. The molecule has 0 bridgehead atoms. The smallest absolute Gasteiger partial charge is 0.251 e. The van der Waals surface area contributed by atoms with Crippen molar-refractivity contribution in [3.05, 3.63) is 46.8 Å². The topological polar surface area (TPSA) is 108 Å². The zero-order valence-corrected chi connectivity index (χ0v) is 18.4.